The van der Waals surface area contributed by atoms with Crippen molar-refractivity contribution >= 4 is 11.9 Å². The van der Waals surface area contributed by atoms with Crippen molar-refractivity contribution in [3.8, 4) is 0 Å². The largest absolute Gasteiger partial charge is 0.347 e. The summed E-state index contributed by atoms with van der Waals surface area (Å²) in [5.74, 6) is 2.26. The fourth-order valence-corrected chi connectivity index (χ4v) is 3.58. The molecule has 2 aliphatic heterocycles. The van der Waals surface area contributed by atoms with Crippen LogP contribution >= 0.6 is 0 Å². The lowest BCUT2D eigenvalue weighted by Crippen LogP contribution is -2.57. The summed E-state index contributed by atoms with van der Waals surface area (Å²) in [4.78, 5) is 27.6. The molecule has 2 aliphatic rings. The van der Waals surface area contributed by atoms with Crippen molar-refractivity contribution in [2.75, 3.05) is 46.3 Å². The number of piperazine rings is 1. The maximum absolute atomic E-state index is 12.6. The van der Waals surface area contributed by atoms with Crippen molar-refractivity contribution in [3.63, 3.8) is 0 Å². The molecule has 0 aliphatic carbocycles. The summed E-state index contributed by atoms with van der Waals surface area (Å²) in [7, 11) is 1.77. The first-order valence-electron chi connectivity index (χ1n) is 9.36. The van der Waals surface area contributed by atoms with E-state index in [1.165, 1.54) is 0 Å². The second-order valence-electron chi connectivity index (χ2n) is 6.87. The monoisotopic (exact) mass is 363 g/mol. The van der Waals surface area contributed by atoms with Crippen molar-refractivity contribution in [1.29, 1.82) is 0 Å². The lowest BCUT2D eigenvalue weighted by atomic mass is 10.2. The summed E-state index contributed by atoms with van der Waals surface area (Å²) < 4.78 is 5.12. The number of rotatable bonds is 4. The average molecular weight is 363 g/mol. The Morgan fingerprint density at radius 3 is 2.46 bits per heavy atom. The van der Waals surface area contributed by atoms with Crippen LogP contribution in [0.3, 0.4) is 0 Å². The average Bonchev–Trinajstić information content (AvgIpc) is 3.33. The molecule has 26 heavy (non-hydrogen) atoms. The number of aliphatic imine (C=N–C) groups is 1. The lowest BCUT2D eigenvalue weighted by molar-refractivity contribution is -0.135. The number of guanidine groups is 1. The molecule has 0 spiro atoms. The summed E-state index contributed by atoms with van der Waals surface area (Å²) >= 11 is 0. The zero-order valence-electron chi connectivity index (χ0n) is 15.9. The van der Waals surface area contributed by atoms with Gasteiger partial charge in [-0.25, -0.2) is 0 Å². The van der Waals surface area contributed by atoms with Gasteiger partial charge in [-0.05, 0) is 26.7 Å². The molecular formula is C17H29N7O2. The second-order valence-corrected chi connectivity index (χ2v) is 6.87. The van der Waals surface area contributed by atoms with Crippen LogP contribution in [0.4, 0.5) is 0 Å². The van der Waals surface area contributed by atoms with Crippen LogP contribution in [-0.4, -0.2) is 89.1 Å². The smallest absolute Gasteiger partial charge is 0.246 e. The van der Waals surface area contributed by atoms with Gasteiger partial charge in [0.2, 0.25) is 11.8 Å². The van der Waals surface area contributed by atoms with E-state index in [1.807, 2.05) is 11.8 Å². The molecule has 2 saturated heterocycles. The maximum Gasteiger partial charge on any atom is 0.246 e. The Kier molecular flexibility index (Phi) is 6.08. The third-order valence-corrected chi connectivity index (χ3v) is 5.12. The first kappa shape index (κ1) is 18.6. The van der Waals surface area contributed by atoms with Gasteiger partial charge < -0.3 is 19.6 Å². The third-order valence-electron chi connectivity index (χ3n) is 5.12. The molecule has 0 aromatic carbocycles. The topological polar surface area (TPSA) is 90.1 Å². The molecule has 0 saturated carbocycles. The minimum Gasteiger partial charge on any atom is -0.347 e. The van der Waals surface area contributed by atoms with Gasteiger partial charge in [0.25, 0.3) is 0 Å². The van der Waals surface area contributed by atoms with Gasteiger partial charge in [0.05, 0.1) is 12.6 Å². The normalized spacial score (nSPS) is 20.5. The van der Waals surface area contributed by atoms with E-state index in [2.05, 4.69) is 30.2 Å². The van der Waals surface area contributed by atoms with Crippen LogP contribution < -0.4 is 5.32 Å². The standard InChI is InChI=1S/C17H29N7O2/c1-13(16(25)23-6-4-5-7-23)22-8-10-24(11-9-22)17(18-3)19-12-15-20-14(2)21-26-15/h13H,4-12H2,1-3H3,(H,18,19). The van der Waals surface area contributed by atoms with Crippen LogP contribution in [0, 0.1) is 6.92 Å². The maximum atomic E-state index is 12.6. The number of nitrogens with zero attached hydrogens (tertiary/aromatic N) is 6. The zero-order chi connectivity index (χ0) is 18.5. The predicted molar refractivity (Wildman–Crippen MR) is 97.7 cm³/mol. The van der Waals surface area contributed by atoms with Crippen LogP contribution in [0.1, 0.15) is 31.5 Å². The van der Waals surface area contributed by atoms with Crippen molar-refractivity contribution < 1.29 is 9.32 Å². The molecule has 3 rings (SSSR count). The van der Waals surface area contributed by atoms with E-state index in [-0.39, 0.29) is 11.9 Å². The van der Waals surface area contributed by atoms with Crippen molar-refractivity contribution in [2.45, 2.75) is 39.3 Å². The number of amides is 1. The Hall–Kier alpha value is -2.16. The fourth-order valence-electron chi connectivity index (χ4n) is 3.58. The highest BCUT2D eigenvalue weighted by atomic mass is 16.5. The van der Waals surface area contributed by atoms with Crippen molar-refractivity contribution in [3.05, 3.63) is 11.7 Å². The van der Waals surface area contributed by atoms with Crippen molar-refractivity contribution in [1.82, 2.24) is 30.2 Å². The number of nitrogens with one attached hydrogen (secondary N) is 1. The van der Waals surface area contributed by atoms with Gasteiger partial charge in [-0.15, -0.1) is 0 Å². The molecule has 1 aromatic heterocycles. The molecule has 1 N–H and O–H groups in total. The Morgan fingerprint density at radius 1 is 1.19 bits per heavy atom. The molecule has 9 heteroatoms. The number of aryl methyl sites for hydroxylation is 1. The van der Waals surface area contributed by atoms with Gasteiger partial charge in [0.1, 0.15) is 0 Å². The number of likely N-dealkylation sites (tertiary alicyclic amines) is 1. The molecule has 9 nitrogen and oxygen atoms in total. The van der Waals surface area contributed by atoms with E-state index in [0.29, 0.717) is 18.3 Å². The van der Waals surface area contributed by atoms with E-state index >= 15 is 0 Å². The zero-order valence-corrected chi connectivity index (χ0v) is 15.9. The van der Waals surface area contributed by atoms with Gasteiger partial charge in [-0.2, -0.15) is 4.98 Å². The second kappa shape index (κ2) is 8.48. The quantitative estimate of drug-likeness (QED) is 0.598. The molecule has 144 valence electrons. The van der Waals surface area contributed by atoms with Crippen LogP contribution in [0.15, 0.2) is 9.52 Å². The lowest BCUT2D eigenvalue weighted by Gasteiger charge is -2.39. The summed E-state index contributed by atoms with van der Waals surface area (Å²) in [5, 5.41) is 7.06. The Bertz CT molecular complexity index is 631. The summed E-state index contributed by atoms with van der Waals surface area (Å²) in [6, 6.07) is -0.0495. The highest BCUT2D eigenvalue weighted by Crippen LogP contribution is 2.14. The molecule has 1 aromatic rings. The van der Waals surface area contributed by atoms with Gasteiger partial charge in [0, 0.05) is 46.3 Å². The van der Waals surface area contributed by atoms with Gasteiger partial charge in [0.15, 0.2) is 11.8 Å². The van der Waals surface area contributed by atoms with E-state index in [9.17, 15) is 4.79 Å². The first-order valence-corrected chi connectivity index (χ1v) is 9.36. The van der Waals surface area contributed by atoms with E-state index in [1.54, 1.807) is 14.0 Å². The summed E-state index contributed by atoms with van der Waals surface area (Å²) in [6.45, 7) is 9.47. The highest BCUT2D eigenvalue weighted by molar-refractivity contribution is 5.82. The number of carbonyl (C=O) groups excluding carboxylic acids is 1. The van der Waals surface area contributed by atoms with Crippen LogP contribution in [0.25, 0.3) is 0 Å². The Balaban J connectivity index is 1.47. The number of hydrogen-bond donors (Lipinski definition) is 1. The van der Waals surface area contributed by atoms with Crippen LogP contribution in [-0.2, 0) is 11.3 Å². The Morgan fingerprint density at radius 2 is 1.88 bits per heavy atom. The van der Waals surface area contributed by atoms with Crippen LogP contribution in [0.2, 0.25) is 0 Å². The molecule has 1 amide bonds. The summed E-state index contributed by atoms with van der Waals surface area (Å²) in [6.07, 6.45) is 2.27. The number of carbonyl (C=O) groups is 1. The summed E-state index contributed by atoms with van der Waals surface area (Å²) in [5.41, 5.74) is 0. The molecule has 2 fully saturated rings. The molecule has 1 unspecified atom stereocenters. The molecule has 3 heterocycles. The Labute approximate surface area is 154 Å². The molecule has 0 radical (unpaired) electrons. The van der Waals surface area contributed by atoms with Gasteiger partial charge in [-0.3, -0.25) is 14.7 Å². The van der Waals surface area contributed by atoms with Gasteiger partial charge in [-0.1, -0.05) is 5.16 Å². The molecule has 1 atom stereocenters. The predicted octanol–water partition coefficient (Wildman–Crippen LogP) is 0.0819. The van der Waals surface area contributed by atoms with E-state index in [4.69, 9.17) is 4.52 Å². The first-order chi connectivity index (χ1) is 12.6. The minimum absolute atomic E-state index is 0.0495. The van der Waals surface area contributed by atoms with Crippen LogP contribution in [0.5, 0.6) is 0 Å². The SMILES string of the molecule is CN=C(NCc1nc(C)no1)N1CCN(C(C)C(=O)N2CCCC2)CC1. The molecule has 0 bridgehead atoms. The highest BCUT2D eigenvalue weighted by Gasteiger charge is 2.30. The minimum atomic E-state index is -0.0495. The van der Waals surface area contributed by atoms with E-state index in [0.717, 1.165) is 58.1 Å². The number of aromatic nitrogens is 2. The van der Waals surface area contributed by atoms with Crippen molar-refractivity contribution in [2.24, 2.45) is 4.99 Å². The third kappa shape index (κ3) is 4.32. The fraction of sp³-hybridized carbons (Fsp3) is 0.765. The molecular weight excluding hydrogens is 334 g/mol. The van der Waals surface area contributed by atoms with E-state index < -0.39 is 0 Å². The van der Waals surface area contributed by atoms with Gasteiger partial charge >= 0.3 is 0 Å². The number of hydrogen-bond acceptors (Lipinski definition) is 6.